The predicted octanol–water partition coefficient (Wildman–Crippen LogP) is 3.50. The van der Waals surface area contributed by atoms with E-state index < -0.39 is 0 Å². The second-order valence-corrected chi connectivity index (χ2v) is 4.98. The molecule has 2 aromatic rings. The highest BCUT2D eigenvalue weighted by Gasteiger charge is 2.25. The Labute approximate surface area is 135 Å². The summed E-state index contributed by atoms with van der Waals surface area (Å²) < 4.78 is 0. The molecular weight excluding hydrogens is 284 g/mol. The maximum absolute atomic E-state index is 12.2. The summed E-state index contributed by atoms with van der Waals surface area (Å²) in [5.41, 5.74) is 4.35. The Morgan fingerprint density at radius 1 is 0.957 bits per heavy atom. The van der Waals surface area contributed by atoms with Crippen LogP contribution in [-0.4, -0.2) is 11.6 Å². The number of para-hydroxylation sites is 1. The summed E-state index contributed by atoms with van der Waals surface area (Å²) in [5, 5.41) is 2.82. The topological polar surface area (TPSA) is 41.5 Å². The van der Waals surface area contributed by atoms with E-state index in [1.165, 1.54) is 0 Å². The van der Waals surface area contributed by atoms with E-state index in [4.69, 9.17) is 0 Å². The number of hydrogen-bond donors (Lipinski definition) is 1. The molecule has 1 heterocycles. The lowest BCUT2D eigenvalue weighted by Gasteiger charge is -2.01. The van der Waals surface area contributed by atoms with Crippen LogP contribution < -0.4 is 5.32 Å². The van der Waals surface area contributed by atoms with Gasteiger partial charge >= 0.3 is 0 Å². The van der Waals surface area contributed by atoms with E-state index in [1.54, 1.807) is 13.8 Å². The maximum Gasteiger partial charge on any atom is 0.275 e. The van der Waals surface area contributed by atoms with E-state index in [1.807, 2.05) is 42.5 Å². The Morgan fingerprint density at radius 3 is 2.26 bits per heavy atom. The van der Waals surface area contributed by atoms with Crippen molar-refractivity contribution in [1.29, 1.82) is 0 Å². The lowest BCUT2D eigenvalue weighted by Crippen LogP contribution is -2.13. The van der Waals surface area contributed by atoms with Crippen molar-refractivity contribution in [3.63, 3.8) is 0 Å². The zero-order chi connectivity index (χ0) is 16.2. The maximum atomic E-state index is 12.2. The van der Waals surface area contributed by atoms with Crippen molar-refractivity contribution < 1.29 is 4.79 Å². The number of aliphatic imine (C=N–C) groups is 1. The fourth-order valence-corrected chi connectivity index (χ4v) is 2.45. The zero-order valence-electron chi connectivity index (χ0n) is 12.9. The lowest BCUT2D eigenvalue weighted by molar-refractivity contribution is -0.110. The van der Waals surface area contributed by atoms with Crippen molar-refractivity contribution in [1.82, 2.24) is 0 Å². The minimum absolute atomic E-state index is 0.193. The van der Waals surface area contributed by atoms with Crippen LogP contribution in [0.4, 0.5) is 11.4 Å². The predicted molar refractivity (Wildman–Crippen MR) is 92.8 cm³/mol. The van der Waals surface area contributed by atoms with Crippen molar-refractivity contribution in [2.24, 2.45) is 4.99 Å². The number of hydrogen-bond acceptors (Lipinski definition) is 2. The van der Waals surface area contributed by atoms with Crippen LogP contribution in [0, 0.1) is 23.7 Å². The number of nitrogens with one attached hydrogen (secondary N) is 1. The van der Waals surface area contributed by atoms with Crippen molar-refractivity contribution in [3.8, 4) is 23.7 Å². The number of nitrogens with zero attached hydrogens (tertiary/aromatic N) is 1. The molecular formula is C20H14N2O. The zero-order valence-corrected chi connectivity index (χ0v) is 12.9. The molecule has 1 amide bonds. The van der Waals surface area contributed by atoms with E-state index in [2.05, 4.69) is 34.0 Å². The Bertz CT molecular complexity index is 909. The molecule has 3 heteroatoms. The molecule has 0 saturated carbocycles. The van der Waals surface area contributed by atoms with Gasteiger partial charge < -0.3 is 5.32 Å². The molecule has 0 saturated heterocycles. The van der Waals surface area contributed by atoms with E-state index in [-0.39, 0.29) is 5.91 Å². The molecule has 0 radical (unpaired) electrons. The summed E-state index contributed by atoms with van der Waals surface area (Å²) in [5.74, 6) is 11.6. The summed E-state index contributed by atoms with van der Waals surface area (Å²) in [6.45, 7) is 3.56. The molecule has 0 bridgehead atoms. The van der Waals surface area contributed by atoms with Gasteiger partial charge in [-0.2, -0.15) is 0 Å². The first-order chi connectivity index (χ1) is 11.2. The number of carbonyl (C=O) groups excluding carboxylic acids is 1. The second-order valence-electron chi connectivity index (χ2n) is 4.98. The fraction of sp³-hybridized carbons (Fsp3) is 0.100. The molecule has 0 unspecified atom stereocenters. The van der Waals surface area contributed by atoms with Gasteiger partial charge in [-0.1, -0.05) is 30.0 Å². The summed E-state index contributed by atoms with van der Waals surface area (Å²) in [6, 6.07) is 13.2. The smallest absolute Gasteiger partial charge is 0.275 e. The third-order valence-corrected chi connectivity index (χ3v) is 3.34. The Balaban J connectivity index is 2.12. The molecule has 0 aromatic heterocycles. The molecule has 1 N–H and O–H groups in total. The van der Waals surface area contributed by atoms with Crippen molar-refractivity contribution >= 4 is 23.0 Å². The van der Waals surface area contributed by atoms with E-state index in [0.29, 0.717) is 11.4 Å². The van der Waals surface area contributed by atoms with Crippen molar-refractivity contribution in [2.75, 3.05) is 5.32 Å². The van der Waals surface area contributed by atoms with Crippen molar-refractivity contribution in [3.05, 3.63) is 59.2 Å². The fourth-order valence-electron chi connectivity index (χ4n) is 2.45. The normalized spacial score (nSPS) is 13.5. The quantitative estimate of drug-likeness (QED) is 0.804. The number of anilines is 1. The third kappa shape index (κ3) is 3.00. The van der Waals surface area contributed by atoms with Crippen LogP contribution in [-0.2, 0) is 4.79 Å². The van der Waals surface area contributed by atoms with Crippen LogP contribution in [0.1, 0.15) is 30.5 Å². The van der Waals surface area contributed by atoms with Gasteiger partial charge in [-0.15, -0.1) is 11.8 Å². The molecule has 23 heavy (non-hydrogen) atoms. The first-order valence-corrected chi connectivity index (χ1v) is 7.21. The van der Waals surface area contributed by atoms with Gasteiger partial charge in [0.05, 0.1) is 11.4 Å². The molecule has 0 spiro atoms. The molecule has 0 fully saturated rings. The summed E-state index contributed by atoms with van der Waals surface area (Å²) in [7, 11) is 0. The first kappa shape index (κ1) is 14.6. The summed E-state index contributed by atoms with van der Waals surface area (Å²) >= 11 is 0. The Kier molecular flexibility index (Phi) is 3.95. The van der Waals surface area contributed by atoms with Gasteiger partial charge in [0.2, 0.25) is 0 Å². The van der Waals surface area contributed by atoms with Gasteiger partial charge in [0.15, 0.2) is 0 Å². The van der Waals surface area contributed by atoms with Crippen LogP contribution in [0.2, 0.25) is 0 Å². The Morgan fingerprint density at radius 2 is 1.61 bits per heavy atom. The number of carbonyl (C=O) groups is 1. The molecule has 1 aliphatic heterocycles. The largest absolute Gasteiger partial charge is 0.320 e. The van der Waals surface area contributed by atoms with Crippen LogP contribution >= 0.6 is 0 Å². The molecule has 0 aliphatic carbocycles. The highest BCUT2D eigenvalue weighted by molar-refractivity contribution is 6.54. The van der Waals surface area contributed by atoms with Crippen LogP contribution in [0.3, 0.4) is 0 Å². The minimum atomic E-state index is -0.193. The number of fused-ring (bicyclic) bond motifs is 1. The minimum Gasteiger partial charge on any atom is -0.320 e. The lowest BCUT2D eigenvalue weighted by atomic mass is 10.1. The highest BCUT2D eigenvalue weighted by Crippen LogP contribution is 2.26. The molecule has 3 nitrogen and oxygen atoms in total. The first-order valence-electron chi connectivity index (χ1n) is 7.21. The average molecular weight is 298 g/mol. The molecule has 110 valence electrons. The summed E-state index contributed by atoms with van der Waals surface area (Å²) in [6.07, 6.45) is 0. The number of rotatable bonds is 1. The van der Waals surface area contributed by atoms with E-state index in [9.17, 15) is 4.79 Å². The highest BCUT2D eigenvalue weighted by atomic mass is 16.2. The van der Waals surface area contributed by atoms with Gasteiger partial charge in [-0.3, -0.25) is 4.79 Å². The van der Waals surface area contributed by atoms with Gasteiger partial charge in [0, 0.05) is 16.7 Å². The van der Waals surface area contributed by atoms with Crippen LogP contribution in [0.15, 0.2) is 47.5 Å². The SMILES string of the molecule is CC#Cc1cc(C#CC)cc(N=C2C(=O)Nc3ccccc32)c1. The van der Waals surface area contributed by atoms with Gasteiger partial charge in [-0.25, -0.2) is 4.99 Å². The monoisotopic (exact) mass is 298 g/mol. The third-order valence-electron chi connectivity index (χ3n) is 3.34. The van der Waals surface area contributed by atoms with Gasteiger partial charge in [-0.05, 0) is 38.1 Å². The molecule has 0 atom stereocenters. The second kappa shape index (κ2) is 6.22. The van der Waals surface area contributed by atoms with Crippen molar-refractivity contribution in [2.45, 2.75) is 13.8 Å². The molecule has 2 aromatic carbocycles. The summed E-state index contributed by atoms with van der Waals surface area (Å²) in [4.78, 5) is 16.7. The van der Waals surface area contributed by atoms with Gasteiger partial charge in [0.25, 0.3) is 5.91 Å². The van der Waals surface area contributed by atoms with Crippen LogP contribution in [0.25, 0.3) is 0 Å². The molecule has 1 aliphatic rings. The number of benzene rings is 2. The molecule has 3 rings (SSSR count). The number of amides is 1. The standard InChI is InChI=1S/C20H14N2O/c1-3-7-14-11-15(8-4-2)13-16(12-14)21-19-17-9-5-6-10-18(17)22-20(19)23/h5-6,9-13H,1-2H3,(H,21,22,23). The average Bonchev–Trinajstić information content (AvgIpc) is 2.84. The van der Waals surface area contributed by atoms with Gasteiger partial charge in [0.1, 0.15) is 5.71 Å². The van der Waals surface area contributed by atoms with E-state index >= 15 is 0 Å². The Hall–Kier alpha value is -3.30. The van der Waals surface area contributed by atoms with E-state index in [0.717, 1.165) is 22.4 Å². The van der Waals surface area contributed by atoms with Crippen LogP contribution in [0.5, 0.6) is 0 Å².